The Morgan fingerprint density at radius 3 is 1.27 bits per heavy atom. The fraction of sp³-hybridized carbons (Fsp3) is 1.00. The molecule has 0 spiro atoms. The fourth-order valence-electron chi connectivity index (χ4n) is 2.14. The summed E-state index contributed by atoms with van der Waals surface area (Å²) in [5.74, 6) is 0. The first-order chi connectivity index (χ1) is 5.24. The molecule has 0 amide bonds. The van der Waals surface area contributed by atoms with Crippen LogP contribution in [0.5, 0.6) is 0 Å². The van der Waals surface area contributed by atoms with Gasteiger partial charge < -0.3 is 0 Å². The summed E-state index contributed by atoms with van der Waals surface area (Å²) in [4.78, 5) is 0. The van der Waals surface area contributed by atoms with Crippen LogP contribution < -0.4 is 0 Å². The van der Waals surface area contributed by atoms with Crippen molar-refractivity contribution in [3.05, 3.63) is 0 Å². The molecule has 0 aromatic heterocycles. The van der Waals surface area contributed by atoms with Crippen molar-refractivity contribution in [2.45, 2.75) is 56.5 Å². The van der Waals surface area contributed by atoms with E-state index in [2.05, 4.69) is 27.7 Å². The Morgan fingerprint density at radius 1 is 0.727 bits per heavy atom. The van der Waals surface area contributed by atoms with E-state index >= 15 is 0 Å². The summed E-state index contributed by atoms with van der Waals surface area (Å²) in [6.45, 7) is 9.60. The van der Waals surface area contributed by atoms with Gasteiger partial charge in [0, 0.05) is 0 Å². The molecule has 68 valence electrons. The van der Waals surface area contributed by atoms with Crippen LogP contribution in [0.3, 0.4) is 0 Å². The van der Waals surface area contributed by atoms with Crippen molar-refractivity contribution in [1.82, 2.24) is 0 Å². The van der Waals surface area contributed by atoms with Gasteiger partial charge in [-0.15, -0.1) is 0 Å². The minimum atomic E-state index is -1.60. The van der Waals surface area contributed by atoms with Crippen molar-refractivity contribution in [3.8, 4) is 0 Å². The molecule has 11 heavy (non-hydrogen) atoms. The van der Waals surface area contributed by atoms with Gasteiger partial charge in [-0.05, 0) is 0 Å². The molecular weight excluding hydrogens is 327 g/mol. The molecule has 0 aliphatic carbocycles. The number of hydrogen-bond acceptors (Lipinski definition) is 0. The van der Waals surface area contributed by atoms with Gasteiger partial charge in [-0.25, -0.2) is 0 Å². The van der Waals surface area contributed by atoms with Crippen LogP contribution in [0.1, 0.15) is 40.5 Å². The van der Waals surface area contributed by atoms with Crippen LogP contribution in [0.4, 0.5) is 0 Å². The SMILES string of the molecule is CC[CH2][Pb]([CH2]C)([CH2]C)[CH2]CC. The summed E-state index contributed by atoms with van der Waals surface area (Å²) >= 11 is -1.60. The van der Waals surface area contributed by atoms with Crippen LogP contribution in [-0.4, -0.2) is 21.2 Å². The molecule has 0 atom stereocenters. The van der Waals surface area contributed by atoms with Crippen molar-refractivity contribution in [1.29, 1.82) is 0 Å². The maximum absolute atomic E-state index is 2.44. The first-order valence-electron chi connectivity index (χ1n) is 5.24. The zero-order valence-electron chi connectivity index (χ0n) is 8.74. The van der Waals surface area contributed by atoms with Gasteiger partial charge in [-0.3, -0.25) is 0 Å². The molecule has 0 unspecified atom stereocenters. The average Bonchev–Trinajstić information content (AvgIpc) is 2.04. The van der Waals surface area contributed by atoms with Gasteiger partial charge in [0.15, 0.2) is 0 Å². The molecule has 0 nitrogen and oxygen atoms in total. The topological polar surface area (TPSA) is 0 Å². The van der Waals surface area contributed by atoms with Crippen molar-refractivity contribution in [2.75, 3.05) is 0 Å². The first kappa shape index (κ1) is 11.9. The Morgan fingerprint density at radius 2 is 1.09 bits per heavy atom. The van der Waals surface area contributed by atoms with E-state index in [0.717, 1.165) is 0 Å². The van der Waals surface area contributed by atoms with Gasteiger partial charge in [0.05, 0.1) is 0 Å². The molecule has 0 aliphatic rings. The maximum atomic E-state index is 2.44. The van der Waals surface area contributed by atoms with E-state index in [4.69, 9.17) is 0 Å². The second kappa shape index (κ2) is 6.44. The molecular formula is C10H24Pb. The summed E-state index contributed by atoms with van der Waals surface area (Å²) in [5, 5.41) is 0. The monoisotopic (exact) mass is 352 g/mol. The molecule has 0 bridgehead atoms. The van der Waals surface area contributed by atoms with Crippen LogP contribution in [0.15, 0.2) is 0 Å². The second-order valence-electron chi connectivity index (χ2n) is 3.71. The zero-order chi connectivity index (χ0) is 8.74. The summed E-state index contributed by atoms with van der Waals surface area (Å²) in [5.41, 5.74) is 0. The van der Waals surface area contributed by atoms with Gasteiger partial charge in [-0.1, -0.05) is 0 Å². The average molecular weight is 352 g/mol. The minimum absolute atomic E-state index is 1.45. The molecule has 0 aliphatic heterocycles. The molecule has 0 saturated heterocycles. The number of rotatable bonds is 6. The van der Waals surface area contributed by atoms with Crippen molar-refractivity contribution in [2.24, 2.45) is 0 Å². The molecule has 0 aromatic rings. The van der Waals surface area contributed by atoms with E-state index < -0.39 is 21.2 Å². The Bertz CT molecular complexity index is 76.9. The van der Waals surface area contributed by atoms with E-state index in [0.29, 0.717) is 0 Å². The van der Waals surface area contributed by atoms with E-state index in [-0.39, 0.29) is 0 Å². The molecule has 0 heterocycles. The third-order valence-corrected chi connectivity index (χ3v) is 26.9. The van der Waals surface area contributed by atoms with Crippen LogP contribution in [0.2, 0.25) is 15.9 Å². The second-order valence-corrected chi connectivity index (χ2v) is 24.8. The van der Waals surface area contributed by atoms with Gasteiger partial charge in [-0.2, -0.15) is 0 Å². The van der Waals surface area contributed by atoms with E-state index in [9.17, 15) is 0 Å². The summed E-state index contributed by atoms with van der Waals surface area (Å²) in [6, 6.07) is 0. The van der Waals surface area contributed by atoms with Crippen molar-refractivity contribution in [3.63, 3.8) is 0 Å². The van der Waals surface area contributed by atoms with E-state index in [1.54, 1.807) is 15.9 Å². The van der Waals surface area contributed by atoms with Crippen LogP contribution in [0, 0.1) is 0 Å². The molecule has 0 radical (unpaired) electrons. The van der Waals surface area contributed by atoms with Crippen LogP contribution in [0.25, 0.3) is 0 Å². The van der Waals surface area contributed by atoms with Crippen LogP contribution in [-0.2, 0) is 0 Å². The predicted octanol–water partition coefficient (Wildman–Crippen LogP) is 4.30. The van der Waals surface area contributed by atoms with Crippen molar-refractivity contribution < 1.29 is 0 Å². The molecule has 0 saturated carbocycles. The van der Waals surface area contributed by atoms with Crippen LogP contribution >= 0.6 is 0 Å². The Labute approximate surface area is 77.4 Å². The van der Waals surface area contributed by atoms with Gasteiger partial charge in [0.2, 0.25) is 0 Å². The summed E-state index contributed by atoms with van der Waals surface area (Å²) in [6.07, 6.45) is 2.90. The fourth-order valence-corrected chi connectivity index (χ4v) is 18.8. The summed E-state index contributed by atoms with van der Waals surface area (Å²) < 4.78 is 6.47. The molecule has 1 heteroatoms. The zero-order valence-corrected chi connectivity index (χ0v) is 12.6. The van der Waals surface area contributed by atoms with Crippen molar-refractivity contribution >= 4 is 21.2 Å². The predicted molar refractivity (Wildman–Crippen MR) is 56.9 cm³/mol. The van der Waals surface area contributed by atoms with Gasteiger partial charge >= 0.3 is 77.6 Å². The Kier molecular flexibility index (Phi) is 6.98. The van der Waals surface area contributed by atoms with E-state index in [1.165, 1.54) is 12.8 Å². The molecule has 0 rings (SSSR count). The Balaban J connectivity index is 3.96. The first-order valence-corrected chi connectivity index (χ1v) is 16.2. The molecule has 0 N–H and O–H groups in total. The number of hydrogen-bond donors (Lipinski definition) is 0. The molecule has 0 fully saturated rings. The third kappa shape index (κ3) is 3.90. The standard InChI is InChI=1S/2C3H7.2C2H5.Pb/c2*1-3-2;2*1-2;/h2*1,3H2,2H3;2*1H2,2H3;. The van der Waals surface area contributed by atoms with Gasteiger partial charge in [0.1, 0.15) is 0 Å². The third-order valence-electron chi connectivity index (χ3n) is 3.06. The quantitative estimate of drug-likeness (QED) is 0.626. The summed E-state index contributed by atoms with van der Waals surface area (Å²) in [7, 11) is 0. The van der Waals surface area contributed by atoms with E-state index in [1.807, 2.05) is 0 Å². The Hall–Kier alpha value is 0.922. The van der Waals surface area contributed by atoms with Gasteiger partial charge in [0.25, 0.3) is 0 Å². The normalized spacial score (nSPS) is 12.0. The molecule has 0 aromatic carbocycles.